The molecule has 8 aromatic carbocycles. The molecule has 0 aromatic heterocycles. The predicted octanol–water partition coefficient (Wildman–Crippen LogP) is 15.2. The number of rotatable bonds is 7. The van der Waals surface area contributed by atoms with Crippen LogP contribution in [0.4, 0.5) is 17.1 Å². The van der Waals surface area contributed by atoms with Gasteiger partial charge in [-0.2, -0.15) is 0 Å². The largest absolute Gasteiger partial charge is 0.311 e. The van der Waals surface area contributed by atoms with Gasteiger partial charge in [0.25, 0.3) is 0 Å². The van der Waals surface area contributed by atoms with Crippen LogP contribution in [0.5, 0.6) is 0 Å². The highest BCUT2D eigenvalue weighted by Gasteiger charge is 2.14. The smallest absolute Gasteiger partial charge is 0.0462 e. The molecule has 0 saturated carbocycles. The van der Waals surface area contributed by atoms with E-state index in [1.165, 1.54) is 55.3 Å². The summed E-state index contributed by atoms with van der Waals surface area (Å²) in [5.74, 6) is 0. The fraction of sp³-hybridized carbons (Fsp3) is 0.0588. The van der Waals surface area contributed by atoms with E-state index in [4.69, 9.17) is 0 Å². The Balaban J connectivity index is 0.000000884. The van der Waals surface area contributed by atoms with Crippen molar-refractivity contribution < 1.29 is 0 Å². The van der Waals surface area contributed by atoms with Crippen LogP contribution in [-0.4, -0.2) is 0 Å². The van der Waals surface area contributed by atoms with Crippen molar-refractivity contribution in [1.82, 2.24) is 0 Å². The number of allylic oxidation sites excluding steroid dienone is 1. The molecule has 0 radical (unpaired) electrons. The lowest BCUT2D eigenvalue weighted by molar-refractivity contribution is 1.28. The molecule has 0 spiro atoms. The zero-order valence-electron chi connectivity index (χ0n) is 30.3. The number of fused-ring (bicyclic) bond motifs is 1. The number of hydrogen-bond donors (Lipinski definition) is 0. The average Bonchev–Trinajstić information content (AvgIpc) is 3.23. The van der Waals surface area contributed by atoms with Crippen LogP contribution in [0.15, 0.2) is 213 Å². The lowest BCUT2D eigenvalue weighted by Gasteiger charge is -2.26. The summed E-state index contributed by atoms with van der Waals surface area (Å²) in [5, 5.41) is 2.52. The van der Waals surface area contributed by atoms with Gasteiger partial charge < -0.3 is 4.90 Å². The van der Waals surface area contributed by atoms with Gasteiger partial charge in [0.15, 0.2) is 0 Å². The third kappa shape index (κ3) is 8.12. The highest BCUT2D eigenvalue weighted by atomic mass is 15.1. The van der Waals surface area contributed by atoms with E-state index < -0.39 is 0 Å². The van der Waals surface area contributed by atoms with Crippen molar-refractivity contribution in [1.29, 1.82) is 0 Å². The molecule has 0 amide bonds. The summed E-state index contributed by atoms with van der Waals surface area (Å²) in [7, 11) is 0. The maximum absolute atomic E-state index is 3.36. The molecule has 0 unspecified atom stereocenters. The zero-order valence-corrected chi connectivity index (χ0v) is 30.3. The molecule has 52 heavy (non-hydrogen) atoms. The Morgan fingerprint density at radius 3 is 1.23 bits per heavy atom. The maximum atomic E-state index is 3.36. The SMILES string of the molecule is C=CC.CC.c1ccc(-c2ccc(N(c3ccc(-c4cccc(-c5ccccc5)c4)cc3)c3ccc(-c4cccc5ccccc45)cc3)cc2)cc1. The second-order valence-corrected chi connectivity index (χ2v) is 12.2. The highest BCUT2D eigenvalue weighted by molar-refractivity contribution is 5.97. The Hall–Kier alpha value is -6.44. The van der Waals surface area contributed by atoms with Gasteiger partial charge in [-0.25, -0.2) is 0 Å². The molecule has 8 aromatic rings. The molecular formula is C51H45N. The van der Waals surface area contributed by atoms with Gasteiger partial charge >= 0.3 is 0 Å². The van der Waals surface area contributed by atoms with Crippen LogP contribution in [0.25, 0.3) is 55.3 Å². The van der Waals surface area contributed by atoms with E-state index in [1.807, 2.05) is 20.8 Å². The molecule has 0 aliphatic carbocycles. The monoisotopic (exact) mass is 671 g/mol. The van der Waals surface area contributed by atoms with E-state index in [-0.39, 0.29) is 0 Å². The van der Waals surface area contributed by atoms with Gasteiger partial charge in [0.05, 0.1) is 0 Å². The molecule has 1 heteroatoms. The summed E-state index contributed by atoms with van der Waals surface area (Å²) >= 11 is 0. The lowest BCUT2D eigenvalue weighted by Crippen LogP contribution is -2.09. The van der Waals surface area contributed by atoms with Crippen LogP contribution in [0.3, 0.4) is 0 Å². The van der Waals surface area contributed by atoms with Crippen LogP contribution in [0.1, 0.15) is 20.8 Å². The fourth-order valence-electron chi connectivity index (χ4n) is 6.46. The number of hydrogen-bond acceptors (Lipinski definition) is 1. The fourth-order valence-corrected chi connectivity index (χ4v) is 6.46. The Morgan fingerprint density at radius 2 is 0.712 bits per heavy atom. The topological polar surface area (TPSA) is 3.24 Å². The molecular weight excluding hydrogens is 627 g/mol. The predicted molar refractivity (Wildman–Crippen MR) is 228 cm³/mol. The summed E-state index contributed by atoms with van der Waals surface area (Å²) < 4.78 is 0. The van der Waals surface area contributed by atoms with E-state index >= 15 is 0 Å². The molecule has 0 N–H and O–H groups in total. The minimum atomic E-state index is 1.11. The molecule has 0 fully saturated rings. The van der Waals surface area contributed by atoms with Gasteiger partial charge in [0, 0.05) is 17.1 Å². The first-order valence-electron chi connectivity index (χ1n) is 18.1. The molecule has 8 rings (SSSR count). The normalized spacial score (nSPS) is 10.3. The van der Waals surface area contributed by atoms with Gasteiger partial charge in [-0.15, -0.1) is 6.58 Å². The van der Waals surface area contributed by atoms with E-state index in [9.17, 15) is 0 Å². The summed E-state index contributed by atoms with van der Waals surface area (Å²) in [5.41, 5.74) is 13.0. The second-order valence-electron chi connectivity index (χ2n) is 12.2. The van der Waals surface area contributed by atoms with Gasteiger partial charge in [-0.3, -0.25) is 0 Å². The van der Waals surface area contributed by atoms with Crippen molar-refractivity contribution in [3.05, 3.63) is 213 Å². The summed E-state index contributed by atoms with van der Waals surface area (Å²) in [6.07, 6.45) is 1.75. The maximum Gasteiger partial charge on any atom is 0.0462 e. The minimum Gasteiger partial charge on any atom is -0.311 e. The summed E-state index contributed by atoms with van der Waals surface area (Å²) in [6.45, 7) is 9.25. The van der Waals surface area contributed by atoms with E-state index in [2.05, 4.69) is 212 Å². The molecule has 0 bridgehead atoms. The number of nitrogens with zero attached hydrogens (tertiary/aromatic N) is 1. The first kappa shape index (κ1) is 35.4. The van der Waals surface area contributed by atoms with Crippen LogP contribution < -0.4 is 4.90 Å². The average molecular weight is 672 g/mol. The Labute approximate surface area is 309 Å². The molecule has 0 saturated heterocycles. The zero-order chi connectivity index (χ0) is 36.1. The van der Waals surface area contributed by atoms with Crippen molar-refractivity contribution in [2.75, 3.05) is 4.90 Å². The van der Waals surface area contributed by atoms with E-state index in [0.29, 0.717) is 0 Å². The van der Waals surface area contributed by atoms with Crippen LogP contribution in [0.2, 0.25) is 0 Å². The van der Waals surface area contributed by atoms with Gasteiger partial charge in [-0.1, -0.05) is 178 Å². The van der Waals surface area contributed by atoms with Gasteiger partial charge in [0.1, 0.15) is 0 Å². The Kier molecular flexibility index (Phi) is 11.9. The lowest BCUT2D eigenvalue weighted by atomic mass is 9.97. The van der Waals surface area contributed by atoms with Crippen LogP contribution >= 0.6 is 0 Å². The van der Waals surface area contributed by atoms with Gasteiger partial charge in [0.2, 0.25) is 0 Å². The van der Waals surface area contributed by atoms with E-state index in [0.717, 1.165) is 17.1 Å². The van der Waals surface area contributed by atoms with Gasteiger partial charge in [-0.05, 0) is 105 Å². The summed E-state index contributed by atoms with van der Waals surface area (Å²) in [4.78, 5) is 2.34. The quantitative estimate of drug-likeness (QED) is 0.152. The van der Waals surface area contributed by atoms with Crippen molar-refractivity contribution in [3.8, 4) is 44.5 Å². The van der Waals surface area contributed by atoms with Crippen LogP contribution in [0, 0.1) is 0 Å². The number of anilines is 3. The molecule has 0 aliphatic heterocycles. The second kappa shape index (κ2) is 17.5. The van der Waals surface area contributed by atoms with E-state index in [1.54, 1.807) is 6.08 Å². The molecule has 0 aliphatic rings. The molecule has 1 nitrogen and oxygen atoms in total. The summed E-state index contributed by atoms with van der Waals surface area (Å²) in [6, 6.07) is 71.8. The molecule has 0 atom stereocenters. The van der Waals surface area contributed by atoms with Crippen molar-refractivity contribution in [2.24, 2.45) is 0 Å². The van der Waals surface area contributed by atoms with Crippen molar-refractivity contribution in [2.45, 2.75) is 20.8 Å². The first-order valence-corrected chi connectivity index (χ1v) is 18.1. The third-order valence-corrected chi connectivity index (χ3v) is 8.89. The Morgan fingerprint density at radius 1 is 0.365 bits per heavy atom. The minimum absolute atomic E-state index is 1.11. The molecule has 254 valence electrons. The third-order valence-electron chi connectivity index (χ3n) is 8.89. The number of benzene rings is 8. The standard InChI is InChI=1S/C46H33N.C3H6.C2H6/c1-3-11-34(12-4-1)36-21-27-42(28-22-36)47(44-31-25-39(26-32-44)46-20-10-16-38-15-7-8-19-45(38)46)43-29-23-37(24-30-43)41-18-9-17-40(33-41)35-13-5-2-6-14-35;1-3-2;1-2/h1-33H;3H,1H2,2H3;1-2H3. The van der Waals surface area contributed by atoms with Crippen molar-refractivity contribution in [3.63, 3.8) is 0 Å². The Bertz CT molecular complexity index is 2300. The van der Waals surface area contributed by atoms with Crippen LogP contribution in [-0.2, 0) is 0 Å². The molecule has 0 heterocycles. The highest BCUT2D eigenvalue weighted by Crippen LogP contribution is 2.38. The first-order chi connectivity index (χ1) is 25.7. The van der Waals surface area contributed by atoms with Crippen molar-refractivity contribution >= 4 is 27.8 Å².